The van der Waals surface area contributed by atoms with Crippen LogP contribution in [0, 0.1) is 5.41 Å². The molecule has 0 heterocycles. The molecule has 0 radical (unpaired) electrons. The van der Waals surface area contributed by atoms with Crippen LogP contribution in [0.25, 0.3) is 0 Å². The average Bonchev–Trinajstić information content (AvgIpc) is 2.15. The number of hydrogen-bond acceptors (Lipinski definition) is 2. The summed E-state index contributed by atoms with van der Waals surface area (Å²) < 4.78 is 0. The van der Waals surface area contributed by atoms with Gasteiger partial charge in [-0.15, -0.1) is 12.4 Å². The van der Waals surface area contributed by atoms with Crippen molar-refractivity contribution in [2.45, 2.75) is 19.1 Å². The maximum absolute atomic E-state index is 7.06. The van der Waals surface area contributed by atoms with Gasteiger partial charge in [-0.25, -0.2) is 0 Å². The normalized spacial score (nSPS) is 9.21. The Labute approximate surface area is 95.2 Å². The van der Waals surface area contributed by atoms with Gasteiger partial charge in [0.2, 0.25) is 0 Å². The van der Waals surface area contributed by atoms with E-state index in [1.54, 1.807) is 0 Å². The molecule has 1 aromatic rings. The smallest absolute Gasteiger partial charge is 0.151 e. The molecule has 0 aliphatic heterocycles. The van der Waals surface area contributed by atoms with E-state index < -0.39 is 0 Å². The number of nitrogens with two attached hydrogens (primary N) is 1. The third kappa shape index (κ3) is 4.53. The van der Waals surface area contributed by atoms with Gasteiger partial charge in [-0.2, -0.15) is 0 Å². The van der Waals surface area contributed by atoms with Gasteiger partial charge in [0.1, 0.15) is 0 Å². The van der Waals surface area contributed by atoms with Crippen LogP contribution in [-0.2, 0) is 12.2 Å². The van der Waals surface area contributed by atoms with E-state index in [0.717, 1.165) is 12.2 Å². The molecule has 0 saturated carbocycles. The summed E-state index contributed by atoms with van der Waals surface area (Å²) in [7, 11) is 0. The minimum atomic E-state index is 0. The van der Waals surface area contributed by atoms with E-state index in [0.29, 0.717) is 0 Å². The summed E-state index contributed by atoms with van der Waals surface area (Å²) in [4.78, 5) is 0. The topological polar surface area (TPSA) is 49.9 Å². The second-order valence-electron chi connectivity index (χ2n) is 2.82. The number of aryl methyl sites for hydroxylation is 1. The molecule has 0 saturated heterocycles. The van der Waals surface area contributed by atoms with Gasteiger partial charge in [-0.05, 0) is 17.5 Å². The predicted molar refractivity (Wildman–Crippen MR) is 66.3 cm³/mol. The second kappa shape index (κ2) is 6.74. The summed E-state index contributed by atoms with van der Waals surface area (Å²) in [6.45, 7) is 2.14. The largest absolute Gasteiger partial charge is 0.379 e. The van der Waals surface area contributed by atoms with Crippen LogP contribution in [0.5, 0.6) is 0 Å². The fraction of sp³-hybridized carbons (Fsp3) is 0.300. The van der Waals surface area contributed by atoms with E-state index >= 15 is 0 Å². The zero-order valence-electron chi connectivity index (χ0n) is 8.12. The molecule has 2 nitrogen and oxygen atoms in total. The van der Waals surface area contributed by atoms with Crippen LogP contribution in [0.15, 0.2) is 24.3 Å². The number of nitrogens with one attached hydrogen (secondary N) is 1. The standard InChI is InChI=1S/C10H14N2S.ClH/c1-2-8-3-5-9(6-4-8)7-13-10(11)12;/h3-6H,2,7H2,1H3,(H3,11,12);1H. The molecule has 14 heavy (non-hydrogen) atoms. The molecule has 78 valence electrons. The fourth-order valence-corrected chi connectivity index (χ4v) is 1.55. The highest BCUT2D eigenvalue weighted by atomic mass is 35.5. The second-order valence-corrected chi connectivity index (χ2v) is 3.84. The molecule has 0 fully saturated rings. The molecule has 0 aliphatic carbocycles. The number of amidine groups is 1. The van der Waals surface area contributed by atoms with Gasteiger partial charge in [-0.3, -0.25) is 5.41 Å². The highest BCUT2D eigenvalue weighted by molar-refractivity contribution is 8.13. The summed E-state index contributed by atoms with van der Waals surface area (Å²) in [5.74, 6) is 0.791. The first-order chi connectivity index (χ1) is 6.22. The molecule has 3 N–H and O–H groups in total. The number of benzene rings is 1. The lowest BCUT2D eigenvalue weighted by atomic mass is 10.1. The van der Waals surface area contributed by atoms with Crippen molar-refractivity contribution in [1.29, 1.82) is 5.41 Å². The maximum atomic E-state index is 7.06. The van der Waals surface area contributed by atoms with Crippen molar-refractivity contribution >= 4 is 29.3 Å². The number of thioether (sulfide) groups is 1. The molecular weight excluding hydrogens is 216 g/mol. The quantitative estimate of drug-likeness (QED) is 0.620. The van der Waals surface area contributed by atoms with Crippen molar-refractivity contribution in [2.75, 3.05) is 0 Å². The molecule has 4 heteroatoms. The molecule has 0 unspecified atom stereocenters. The van der Waals surface area contributed by atoms with Crippen LogP contribution in [0.1, 0.15) is 18.1 Å². The Morgan fingerprint density at radius 1 is 1.29 bits per heavy atom. The van der Waals surface area contributed by atoms with Gasteiger partial charge in [0, 0.05) is 5.75 Å². The molecule has 0 amide bonds. The van der Waals surface area contributed by atoms with E-state index in [4.69, 9.17) is 11.1 Å². The van der Waals surface area contributed by atoms with E-state index in [9.17, 15) is 0 Å². The van der Waals surface area contributed by atoms with Crippen LogP contribution >= 0.6 is 24.2 Å². The first-order valence-electron chi connectivity index (χ1n) is 4.27. The highest BCUT2D eigenvalue weighted by Gasteiger charge is 1.95. The van der Waals surface area contributed by atoms with Gasteiger partial charge >= 0.3 is 0 Å². The van der Waals surface area contributed by atoms with E-state index in [1.807, 2.05) is 0 Å². The summed E-state index contributed by atoms with van der Waals surface area (Å²) in [5, 5.41) is 7.24. The van der Waals surface area contributed by atoms with Gasteiger partial charge in [0.25, 0.3) is 0 Å². The summed E-state index contributed by atoms with van der Waals surface area (Å²) in [6.07, 6.45) is 1.07. The van der Waals surface area contributed by atoms with Gasteiger partial charge in [0.15, 0.2) is 5.17 Å². The minimum absolute atomic E-state index is 0. The van der Waals surface area contributed by atoms with Crippen LogP contribution in [0.4, 0.5) is 0 Å². The molecular formula is C10H15ClN2S. The number of rotatable bonds is 3. The molecule has 0 bridgehead atoms. The van der Waals surface area contributed by atoms with E-state index in [1.165, 1.54) is 22.9 Å². The molecule has 0 spiro atoms. The third-order valence-corrected chi connectivity index (χ3v) is 2.61. The van der Waals surface area contributed by atoms with Gasteiger partial charge in [0.05, 0.1) is 0 Å². The van der Waals surface area contributed by atoms with Crippen molar-refractivity contribution in [3.8, 4) is 0 Å². The fourth-order valence-electron chi connectivity index (χ4n) is 1.03. The number of halogens is 1. The molecule has 1 rings (SSSR count). The first kappa shape index (κ1) is 13.3. The average molecular weight is 231 g/mol. The van der Waals surface area contributed by atoms with Crippen LogP contribution in [-0.4, -0.2) is 5.17 Å². The van der Waals surface area contributed by atoms with Crippen molar-refractivity contribution < 1.29 is 0 Å². The summed E-state index contributed by atoms with van der Waals surface area (Å²) in [5.41, 5.74) is 7.81. The Kier molecular flexibility index (Phi) is 6.41. The van der Waals surface area contributed by atoms with Crippen molar-refractivity contribution in [1.82, 2.24) is 0 Å². The lowest BCUT2D eigenvalue weighted by molar-refractivity contribution is 1.13. The van der Waals surface area contributed by atoms with Gasteiger partial charge < -0.3 is 5.73 Å². The van der Waals surface area contributed by atoms with E-state index in [2.05, 4.69) is 31.2 Å². The Balaban J connectivity index is 0.00000169. The minimum Gasteiger partial charge on any atom is -0.379 e. The lowest BCUT2D eigenvalue weighted by Crippen LogP contribution is -2.03. The van der Waals surface area contributed by atoms with Gasteiger partial charge in [-0.1, -0.05) is 43.0 Å². The van der Waals surface area contributed by atoms with Crippen molar-refractivity contribution in [3.05, 3.63) is 35.4 Å². The highest BCUT2D eigenvalue weighted by Crippen LogP contribution is 2.12. The van der Waals surface area contributed by atoms with Crippen LogP contribution < -0.4 is 5.73 Å². The van der Waals surface area contributed by atoms with Crippen LogP contribution in [0.2, 0.25) is 0 Å². The molecule has 0 atom stereocenters. The van der Waals surface area contributed by atoms with Crippen molar-refractivity contribution in [2.24, 2.45) is 5.73 Å². The molecule has 0 aromatic heterocycles. The zero-order chi connectivity index (χ0) is 9.68. The monoisotopic (exact) mass is 230 g/mol. The van der Waals surface area contributed by atoms with Crippen molar-refractivity contribution in [3.63, 3.8) is 0 Å². The Bertz CT molecular complexity index is 285. The molecule has 0 aliphatic rings. The SMILES string of the molecule is CCc1ccc(CSC(=N)N)cc1.Cl. The lowest BCUT2D eigenvalue weighted by Gasteiger charge is -2.01. The maximum Gasteiger partial charge on any atom is 0.151 e. The summed E-state index contributed by atoms with van der Waals surface area (Å²) >= 11 is 1.36. The third-order valence-electron chi connectivity index (χ3n) is 1.83. The Morgan fingerprint density at radius 3 is 2.21 bits per heavy atom. The zero-order valence-corrected chi connectivity index (χ0v) is 9.75. The van der Waals surface area contributed by atoms with E-state index in [-0.39, 0.29) is 17.6 Å². The molecule has 1 aromatic carbocycles. The first-order valence-corrected chi connectivity index (χ1v) is 5.25. The van der Waals surface area contributed by atoms with Crippen LogP contribution in [0.3, 0.4) is 0 Å². The Hall–Kier alpha value is -0.670. The Morgan fingerprint density at radius 2 is 1.79 bits per heavy atom. The summed E-state index contributed by atoms with van der Waals surface area (Å²) in [6, 6.07) is 8.43. The predicted octanol–water partition coefficient (Wildman–Crippen LogP) is 2.80. The number of hydrogen-bond donors (Lipinski definition) is 2.